The van der Waals surface area contributed by atoms with E-state index in [-0.39, 0.29) is 0 Å². The summed E-state index contributed by atoms with van der Waals surface area (Å²) in [5.41, 5.74) is 8.72. The van der Waals surface area contributed by atoms with Gasteiger partial charge in [-0.05, 0) is 63.7 Å². The first-order chi connectivity index (χ1) is 17.2. The highest BCUT2D eigenvalue weighted by atomic mass is 32.1. The molecule has 0 saturated carbocycles. The van der Waals surface area contributed by atoms with Crippen molar-refractivity contribution in [2.75, 3.05) is 16.4 Å². The second kappa shape index (κ2) is 9.25. The molecule has 5 nitrogen and oxygen atoms in total. The van der Waals surface area contributed by atoms with Gasteiger partial charge in [-0.15, -0.1) is 11.3 Å². The van der Waals surface area contributed by atoms with Gasteiger partial charge in [0.15, 0.2) is 0 Å². The number of benzene rings is 2. The van der Waals surface area contributed by atoms with E-state index in [1.165, 1.54) is 0 Å². The van der Waals surface area contributed by atoms with Gasteiger partial charge in [-0.1, -0.05) is 12.1 Å². The van der Waals surface area contributed by atoms with Crippen LogP contribution in [0.4, 0.5) is 39.5 Å². The van der Waals surface area contributed by atoms with Crippen molar-refractivity contribution in [3.05, 3.63) is 82.2 Å². The van der Waals surface area contributed by atoms with Crippen LogP contribution in [0.5, 0.6) is 0 Å². The number of rotatable bonds is 4. The standard InChI is InChI=1S/C25H16F4N4OS2/c26-19-6-3-15(25(27,28)29)9-20(19)33-24(34)32-16-4-1-13(2-5-16)18-12-36-22-17(14-7-8-35-11-14)10-31-23(30)21(18)22/h1-12H,(H2,30,31)(H2,32,33,34). The van der Waals surface area contributed by atoms with Crippen LogP contribution in [0.25, 0.3) is 32.3 Å². The van der Waals surface area contributed by atoms with Gasteiger partial charge in [0.05, 0.1) is 11.3 Å². The summed E-state index contributed by atoms with van der Waals surface area (Å²) < 4.78 is 53.6. The first-order valence-corrected chi connectivity index (χ1v) is 12.3. The molecule has 0 spiro atoms. The lowest BCUT2D eigenvalue weighted by Crippen LogP contribution is -2.20. The van der Waals surface area contributed by atoms with Crippen molar-refractivity contribution in [2.24, 2.45) is 0 Å². The van der Waals surface area contributed by atoms with Crippen LogP contribution in [0.15, 0.2) is 70.9 Å². The van der Waals surface area contributed by atoms with Crippen molar-refractivity contribution in [1.29, 1.82) is 0 Å². The molecule has 5 rings (SSSR count). The molecule has 0 aliphatic rings. The second-order valence-electron chi connectivity index (χ2n) is 7.77. The number of nitrogens with zero attached hydrogens (tertiary/aromatic N) is 1. The van der Waals surface area contributed by atoms with E-state index in [1.807, 2.05) is 22.2 Å². The molecular formula is C25H16F4N4OS2. The zero-order valence-corrected chi connectivity index (χ0v) is 19.8. The Balaban J connectivity index is 1.36. The summed E-state index contributed by atoms with van der Waals surface area (Å²) in [7, 11) is 0. The number of anilines is 3. The van der Waals surface area contributed by atoms with E-state index in [2.05, 4.69) is 15.6 Å². The summed E-state index contributed by atoms with van der Waals surface area (Å²) in [6, 6.07) is 9.77. The van der Waals surface area contributed by atoms with Gasteiger partial charge in [-0.2, -0.15) is 24.5 Å². The Morgan fingerprint density at radius 1 is 0.944 bits per heavy atom. The van der Waals surface area contributed by atoms with Crippen LogP contribution >= 0.6 is 22.7 Å². The minimum atomic E-state index is -4.66. The van der Waals surface area contributed by atoms with E-state index in [1.54, 1.807) is 53.1 Å². The van der Waals surface area contributed by atoms with Gasteiger partial charge in [-0.3, -0.25) is 0 Å². The van der Waals surface area contributed by atoms with E-state index in [4.69, 9.17) is 5.73 Å². The molecule has 0 fully saturated rings. The van der Waals surface area contributed by atoms with Crippen molar-refractivity contribution < 1.29 is 22.4 Å². The number of nitrogens with one attached hydrogen (secondary N) is 2. The summed E-state index contributed by atoms with van der Waals surface area (Å²) in [5.74, 6) is -0.573. The third-order valence-corrected chi connectivity index (χ3v) is 7.15. The van der Waals surface area contributed by atoms with Crippen LogP contribution in [0.2, 0.25) is 0 Å². The van der Waals surface area contributed by atoms with E-state index in [0.29, 0.717) is 29.7 Å². The molecule has 0 aliphatic heterocycles. The Labute approximate surface area is 210 Å². The number of nitrogen functional groups attached to an aromatic ring is 1. The van der Waals surface area contributed by atoms with Crippen molar-refractivity contribution in [3.8, 4) is 22.3 Å². The number of thiophene rings is 2. The van der Waals surface area contributed by atoms with E-state index in [0.717, 1.165) is 32.3 Å². The number of halogens is 4. The number of carbonyl (C=O) groups excluding carboxylic acids is 1. The monoisotopic (exact) mass is 528 g/mol. The summed E-state index contributed by atoms with van der Waals surface area (Å²) in [5, 5.41) is 11.5. The Bertz CT molecular complexity index is 1560. The summed E-state index contributed by atoms with van der Waals surface area (Å²) in [4.78, 5) is 16.7. The zero-order valence-electron chi connectivity index (χ0n) is 18.2. The number of nitrogens with two attached hydrogens (primary N) is 1. The number of carbonyl (C=O) groups is 1. The Morgan fingerprint density at radius 2 is 1.72 bits per heavy atom. The average molecular weight is 529 g/mol. The van der Waals surface area contributed by atoms with E-state index in [9.17, 15) is 22.4 Å². The molecule has 3 heterocycles. The Kier molecular flexibility index (Phi) is 6.10. The predicted octanol–water partition coefficient (Wildman–Crippen LogP) is 8.08. The lowest BCUT2D eigenvalue weighted by molar-refractivity contribution is -0.137. The highest BCUT2D eigenvalue weighted by Crippen LogP contribution is 2.42. The molecule has 0 saturated heterocycles. The first kappa shape index (κ1) is 23.8. The van der Waals surface area contributed by atoms with Gasteiger partial charge in [0.25, 0.3) is 0 Å². The second-order valence-corrected chi connectivity index (χ2v) is 9.43. The number of urea groups is 1. The fourth-order valence-electron chi connectivity index (χ4n) is 3.72. The van der Waals surface area contributed by atoms with E-state index < -0.39 is 29.3 Å². The van der Waals surface area contributed by atoms with Crippen molar-refractivity contribution in [1.82, 2.24) is 4.98 Å². The van der Waals surface area contributed by atoms with Crippen LogP contribution < -0.4 is 16.4 Å². The zero-order chi connectivity index (χ0) is 25.4. The van der Waals surface area contributed by atoms with Crippen molar-refractivity contribution >= 4 is 56.0 Å². The Hall–Kier alpha value is -3.96. The van der Waals surface area contributed by atoms with Crippen LogP contribution in [-0.2, 0) is 6.18 Å². The fraction of sp³-hybridized carbons (Fsp3) is 0.0400. The minimum absolute atomic E-state index is 0.369. The van der Waals surface area contributed by atoms with Crippen LogP contribution in [0.1, 0.15) is 5.56 Å². The average Bonchev–Trinajstić information content (AvgIpc) is 3.52. The van der Waals surface area contributed by atoms with Crippen LogP contribution in [0.3, 0.4) is 0 Å². The topological polar surface area (TPSA) is 80.0 Å². The quantitative estimate of drug-likeness (QED) is 0.206. The SMILES string of the molecule is Nc1ncc(-c2ccsc2)c2scc(-c3ccc(NC(=O)Nc4cc(C(F)(F)F)ccc4F)cc3)c12. The molecule has 0 radical (unpaired) electrons. The molecule has 3 aromatic heterocycles. The highest BCUT2D eigenvalue weighted by molar-refractivity contribution is 7.18. The molecular weight excluding hydrogens is 512 g/mol. The Morgan fingerprint density at radius 3 is 2.42 bits per heavy atom. The number of hydrogen-bond acceptors (Lipinski definition) is 5. The lowest BCUT2D eigenvalue weighted by atomic mass is 10.0. The van der Waals surface area contributed by atoms with Gasteiger partial charge in [-0.25, -0.2) is 14.2 Å². The third kappa shape index (κ3) is 4.62. The van der Waals surface area contributed by atoms with Crippen LogP contribution in [0, 0.1) is 5.82 Å². The summed E-state index contributed by atoms with van der Waals surface area (Å²) in [6.07, 6.45) is -2.90. The summed E-state index contributed by atoms with van der Waals surface area (Å²) in [6.45, 7) is 0. The molecule has 5 aromatic rings. The molecule has 0 atom stereocenters. The smallest absolute Gasteiger partial charge is 0.383 e. The summed E-state index contributed by atoms with van der Waals surface area (Å²) >= 11 is 3.15. The number of pyridine rings is 1. The fourth-order valence-corrected chi connectivity index (χ4v) is 5.49. The van der Waals surface area contributed by atoms with Gasteiger partial charge in [0, 0.05) is 33.1 Å². The minimum Gasteiger partial charge on any atom is -0.383 e. The maximum atomic E-state index is 13.9. The predicted molar refractivity (Wildman–Crippen MR) is 137 cm³/mol. The van der Waals surface area contributed by atoms with Gasteiger partial charge < -0.3 is 16.4 Å². The molecule has 0 unspecified atom stereocenters. The molecule has 0 aliphatic carbocycles. The van der Waals surface area contributed by atoms with Crippen molar-refractivity contribution in [3.63, 3.8) is 0 Å². The maximum Gasteiger partial charge on any atom is 0.416 e. The largest absolute Gasteiger partial charge is 0.416 e. The molecule has 4 N–H and O–H groups in total. The molecule has 2 aromatic carbocycles. The molecule has 182 valence electrons. The maximum absolute atomic E-state index is 13.9. The molecule has 0 bridgehead atoms. The number of aromatic nitrogens is 1. The molecule has 11 heteroatoms. The third-order valence-electron chi connectivity index (χ3n) is 5.45. The van der Waals surface area contributed by atoms with Gasteiger partial charge in [0.2, 0.25) is 0 Å². The number of hydrogen-bond donors (Lipinski definition) is 3. The highest BCUT2D eigenvalue weighted by Gasteiger charge is 2.31. The normalized spacial score (nSPS) is 11.6. The number of fused-ring (bicyclic) bond motifs is 1. The van der Waals surface area contributed by atoms with Crippen LogP contribution in [-0.4, -0.2) is 11.0 Å². The number of alkyl halides is 3. The van der Waals surface area contributed by atoms with Gasteiger partial charge in [0.1, 0.15) is 11.6 Å². The molecule has 36 heavy (non-hydrogen) atoms. The van der Waals surface area contributed by atoms with Gasteiger partial charge >= 0.3 is 12.2 Å². The molecule has 2 amide bonds. The number of amides is 2. The first-order valence-electron chi connectivity index (χ1n) is 10.4. The lowest BCUT2D eigenvalue weighted by Gasteiger charge is -2.12. The van der Waals surface area contributed by atoms with E-state index >= 15 is 0 Å². The van der Waals surface area contributed by atoms with Crippen molar-refractivity contribution in [2.45, 2.75) is 6.18 Å².